The van der Waals surface area contributed by atoms with E-state index in [0.717, 1.165) is 16.3 Å². The number of amides is 1. The van der Waals surface area contributed by atoms with Crippen LogP contribution in [0, 0.1) is 0 Å². The Labute approximate surface area is 249 Å². The Balaban J connectivity index is 1.45. The van der Waals surface area contributed by atoms with Gasteiger partial charge in [-0.1, -0.05) is 48.5 Å². The Morgan fingerprint density at radius 3 is 2.40 bits per heavy atom. The van der Waals surface area contributed by atoms with Crippen molar-refractivity contribution in [2.75, 3.05) is 32.3 Å². The summed E-state index contributed by atoms with van der Waals surface area (Å²) in [6.07, 6.45) is 1.68. The molecule has 4 aromatic rings. The van der Waals surface area contributed by atoms with Gasteiger partial charge in [0.25, 0.3) is 5.91 Å². The number of thiocarbonyl (C=S) groups is 1. The zero-order valence-corrected chi connectivity index (χ0v) is 24.4. The van der Waals surface area contributed by atoms with Crippen LogP contribution in [-0.4, -0.2) is 49.3 Å². The molecule has 0 saturated carbocycles. The van der Waals surface area contributed by atoms with Gasteiger partial charge in [0.05, 0.1) is 26.5 Å². The first-order chi connectivity index (χ1) is 20.4. The van der Waals surface area contributed by atoms with Crippen LogP contribution in [0.1, 0.15) is 18.1 Å². The van der Waals surface area contributed by atoms with Crippen molar-refractivity contribution >= 4 is 51.7 Å². The number of hydrogen-bond donors (Lipinski definition) is 0. The molecule has 214 valence electrons. The minimum Gasteiger partial charge on any atom is -0.497 e. The van der Waals surface area contributed by atoms with Gasteiger partial charge in [0.15, 0.2) is 16.6 Å². The van der Waals surface area contributed by atoms with Crippen LogP contribution in [0.15, 0.2) is 90.6 Å². The van der Waals surface area contributed by atoms with E-state index in [1.165, 1.54) is 16.9 Å². The third-order valence-corrected chi connectivity index (χ3v) is 7.22. The van der Waals surface area contributed by atoms with Crippen LogP contribution < -0.4 is 19.1 Å². The van der Waals surface area contributed by atoms with E-state index in [1.807, 2.05) is 43.3 Å². The van der Waals surface area contributed by atoms with E-state index in [4.69, 9.17) is 31.2 Å². The number of hydrogen-bond acceptors (Lipinski definition) is 7. The molecule has 1 aliphatic heterocycles. The maximum absolute atomic E-state index is 13.7. The number of methoxy groups -OCH3 is 2. The third-order valence-electron chi connectivity index (χ3n) is 6.81. The van der Waals surface area contributed by atoms with Crippen LogP contribution in [0.25, 0.3) is 16.8 Å². The van der Waals surface area contributed by atoms with Crippen molar-refractivity contribution in [3.63, 3.8) is 0 Å². The lowest BCUT2D eigenvalue weighted by Gasteiger charge is -2.19. The molecule has 0 atom stereocenters. The summed E-state index contributed by atoms with van der Waals surface area (Å²) in [7, 11) is 2.86. The van der Waals surface area contributed by atoms with Gasteiger partial charge in [-0.3, -0.25) is 14.5 Å². The summed E-state index contributed by atoms with van der Waals surface area (Å²) >= 11 is 5.65. The van der Waals surface area contributed by atoms with Crippen molar-refractivity contribution in [2.45, 2.75) is 13.5 Å². The molecule has 8 nitrogen and oxygen atoms in total. The molecule has 1 saturated heterocycles. The minimum absolute atomic E-state index is 0.168. The lowest BCUT2D eigenvalue weighted by atomic mass is 10.1. The number of ether oxygens (including phenoxy) is 4. The summed E-state index contributed by atoms with van der Waals surface area (Å²) in [5, 5.41) is 2.44. The molecule has 1 aliphatic rings. The standard InChI is InChI=1S/C33H30N2O6S/c1-4-40-30-19-22(12-17-29(30)41-21-24-10-7-9-23-8-5-6-11-27(23)24)18-28-32(37)35(25-13-15-26(38-2)16-14-25)33(42)34(28)20-31(36)39-3/h5-19H,4,20-21H2,1-3H3/b28-18-. The third kappa shape index (κ3) is 5.91. The van der Waals surface area contributed by atoms with Crippen LogP contribution in [0.4, 0.5) is 5.69 Å². The second-order valence-corrected chi connectivity index (χ2v) is 9.74. The summed E-state index contributed by atoms with van der Waals surface area (Å²) in [6, 6.07) is 26.7. The molecule has 0 N–H and O–H groups in total. The first-order valence-electron chi connectivity index (χ1n) is 13.4. The summed E-state index contributed by atoms with van der Waals surface area (Å²) in [4.78, 5) is 28.8. The normalized spacial score (nSPS) is 14.0. The molecule has 1 amide bonds. The minimum atomic E-state index is -0.528. The fourth-order valence-corrected chi connectivity index (χ4v) is 5.07. The first kappa shape index (κ1) is 28.6. The van der Waals surface area contributed by atoms with Crippen molar-refractivity contribution in [3.05, 3.63) is 102 Å². The highest BCUT2D eigenvalue weighted by molar-refractivity contribution is 7.80. The molecule has 1 fully saturated rings. The summed E-state index contributed by atoms with van der Waals surface area (Å²) in [5.74, 6) is 0.853. The van der Waals surface area contributed by atoms with Crippen LogP contribution in [-0.2, 0) is 20.9 Å². The largest absolute Gasteiger partial charge is 0.497 e. The number of carbonyl (C=O) groups is 2. The van der Waals surface area contributed by atoms with E-state index in [1.54, 1.807) is 43.5 Å². The molecule has 0 aromatic heterocycles. The van der Waals surface area contributed by atoms with Gasteiger partial charge < -0.3 is 23.8 Å². The molecule has 42 heavy (non-hydrogen) atoms. The van der Waals surface area contributed by atoms with Gasteiger partial charge in [0, 0.05) is 0 Å². The number of anilines is 1. The topological polar surface area (TPSA) is 77.5 Å². The number of rotatable bonds is 10. The van der Waals surface area contributed by atoms with Crippen molar-refractivity contribution in [3.8, 4) is 17.2 Å². The van der Waals surface area contributed by atoms with Gasteiger partial charge in [-0.05, 0) is 83.5 Å². The van der Waals surface area contributed by atoms with Crippen molar-refractivity contribution in [1.29, 1.82) is 0 Å². The smallest absolute Gasteiger partial charge is 0.325 e. The average Bonchev–Trinajstić information content (AvgIpc) is 3.24. The highest BCUT2D eigenvalue weighted by Crippen LogP contribution is 2.34. The predicted molar refractivity (Wildman–Crippen MR) is 166 cm³/mol. The maximum Gasteiger partial charge on any atom is 0.325 e. The average molecular weight is 583 g/mol. The molecular weight excluding hydrogens is 552 g/mol. The summed E-state index contributed by atoms with van der Waals surface area (Å²) < 4.78 is 22.2. The van der Waals surface area contributed by atoms with E-state index in [0.29, 0.717) is 41.7 Å². The zero-order valence-electron chi connectivity index (χ0n) is 23.5. The van der Waals surface area contributed by atoms with Gasteiger partial charge in [0.1, 0.15) is 24.6 Å². The Kier molecular flexibility index (Phi) is 8.68. The predicted octanol–water partition coefficient (Wildman–Crippen LogP) is 5.97. The quantitative estimate of drug-likeness (QED) is 0.129. The van der Waals surface area contributed by atoms with E-state index >= 15 is 0 Å². The number of nitrogens with zero attached hydrogens (tertiary/aromatic N) is 2. The van der Waals surface area contributed by atoms with Gasteiger partial charge in [-0.2, -0.15) is 0 Å². The Morgan fingerprint density at radius 2 is 1.67 bits per heavy atom. The molecule has 4 aromatic carbocycles. The highest BCUT2D eigenvalue weighted by atomic mass is 32.1. The van der Waals surface area contributed by atoms with Crippen LogP contribution >= 0.6 is 12.2 Å². The van der Waals surface area contributed by atoms with Crippen molar-refractivity contribution in [1.82, 2.24) is 4.90 Å². The van der Waals surface area contributed by atoms with Crippen LogP contribution in [0.5, 0.6) is 17.2 Å². The van der Waals surface area contributed by atoms with Gasteiger partial charge in [-0.15, -0.1) is 0 Å². The van der Waals surface area contributed by atoms with Gasteiger partial charge >= 0.3 is 5.97 Å². The Morgan fingerprint density at radius 1 is 0.905 bits per heavy atom. The van der Waals surface area contributed by atoms with E-state index in [9.17, 15) is 9.59 Å². The Hall–Kier alpha value is -4.89. The summed E-state index contributed by atoms with van der Waals surface area (Å²) in [5.41, 5.74) is 2.52. The van der Waals surface area contributed by atoms with Crippen LogP contribution in [0.3, 0.4) is 0 Å². The molecule has 0 radical (unpaired) electrons. The Bertz CT molecular complexity index is 1660. The first-order valence-corrected chi connectivity index (χ1v) is 13.8. The molecule has 1 heterocycles. The lowest BCUT2D eigenvalue weighted by Crippen LogP contribution is -2.35. The molecule has 5 rings (SSSR count). The number of benzene rings is 4. The molecular formula is C33H30N2O6S. The SMILES string of the molecule is CCOc1cc(/C=C2/C(=O)N(c3ccc(OC)cc3)C(=S)N2CC(=O)OC)ccc1OCc1cccc2ccccc12. The number of esters is 1. The van der Waals surface area contributed by atoms with Crippen LogP contribution in [0.2, 0.25) is 0 Å². The molecule has 0 spiro atoms. The monoisotopic (exact) mass is 582 g/mol. The maximum atomic E-state index is 13.7. The van der Waals surface area contributed by atoms with Gasteiger partial charge in [-0.25, -0.2) is 0 Å². The second kappa shape index (κ2) is 12.7. The molecule has 0 bridgehead atoms. The fourth-order valence-electron chi connectivity index (χ4n) is 4.72. The highest BCUT2D eigenvalue weighted by Gasteiger charge is 2.40. The lowest BCUT2D eigenvalue weighted by molar-refractivity contribution is -0.140. The number of carbonyl (C=O) groups excluding carboxylic acids is 2. The van der Waals surface area contributed by atoms with Crippen molar-refractivity contribution in [2.24, 2.45) is 0 Å². The zero-order chi connectivity index (χ0) is 29.6. The second-order valence-electron chi connectivity index (χ2n) is 9.38. The molecule has 0 aliphatic carbocycles. The van der Waals surface area contributed by atoms with E-state index < -0.39 is 5.97 Å². The van der Waals surface area contributed by atoms with E-state index in [2.05, 4.69) is 18.2 Å². The number of fused-ring (bicyclic) bond motifs is 1. The van der Waals surface area contributed by atoms with E-state index in [-0.39, 0.29) is 23.3 Å². The summed E-state index contributed by atoms with van der Waals surface area (Å²) in [6.45, 7) is 2.46. The van der Waals surface area contributed by atoms with Crippen molar-refractivity contribution < 1.29 is 28.5 Å². The fraction of sp³-hybridized carbons (Fsp3) is 0.182. The molecule has 9 heteroatoms. The molecule has 0 unspecified atom stereocenters. The van der Waals surface area contributed by atoms with Gasteiger partial charge in [0.2, 0.25) is 0 Å².